The highest BCUT2D eigenvalue weighted by Gasteiger charge is 2.30. The first kappa shape index (κ1) is 19.6. The molecule has 10 heteroatoms. The van der Waals surface area contributed by atoms with E-state index in [4.69, 9.17) is 4.74 Å². The molecule has 1 amide bonds. The number of carbonyl (C=O) groups excluding carboxylic acids is 1. The number of fused-ring (bicyclic) bond motifs is 1. The number of rotatable bonds is 3. The highest BCUT2D eigenvalue weighted by molar-refractivity contribution is 5.71. The Labute approximate surface area is 158 Å². The van der Waals surface area contributed by atoms with E-state index in [0.717, 1.165) is 12.3 Å². The summed E-state index contributed by atoms with van der Waals surface area (Å²) in [5, 5.41) is 2.59. The van der Waals surface area contributed by atoms with Crippen LogP contribution in [-0.2, 0) is 17.5 Å². The fraction of sp³-hybridized carbons (Fsp3) is 0.333. The molecule has 0 saturated carbocycles. The Morgan fingerprint density at radius 3 is 2.57 bits per heavy atom. The lowest BCUT2D eigenvalue weighted by molar-refractivity contribution is -0.137. The topological polar surface area (TPSA) is 81.4 Å². The molecule has 148 valence electrons. The molecular formula is C18H18F3N5O2. The van der Waals surface area contributed by atoms with Crippen molar-refractivity contribution in [3.05, 3.63) is 48.2 Å². The number of halogens is 3. The second kappa shape index (κ2) is 7.10. The third-order valence-corrected chi connectivity index (χ3v) is 3.57. The van der Waals surface area contributed by atoms with Crippen molar-refractivity contribution in [3.8, 4) is 11.4 Å². The molecule has 3 aromatic rings. The third kappa shape index (κ3) is 4.56. The summed E-state index contributed by atoms with van der Waals surface area (Å²) in [5.41, 5.74) is -0.0357. The van der Waals surface area contributed by atoms with Crippen LogP contribution in [0.5, 0.6) is 0 Å². The van der Waals surface area contributed by atoms with E-state index in [0.29, 0.717) is 17.0 Å². The van der Waals surface area contributed by atoms with Gasteiger partial charge in [0, 0.05) is 24.8 Å². The summed E-state index contributed by atoms with van der Waals surface area (Å²) in [4.78, 5) is 24.3. The Morgan fingerprint density at radius 2 is 1.96 bits per heavy atom. The monoisotopic (exact) mass is 393 g/mol. The molecule has 3 heterocycles. The van der Waals surface area contributed by atoms with Crippen molar-refractivity contribution in [3.63, 3.8) is 0 Å². The number of nitrogens with one attached hydrogen (secondary N) is 1. The lowest BCUT2D eigenvalue weighted by atomic mass is 10.2. The van der Waals surface area contributed by atoms with Gasteiger partial charge in [0.15, 0.2) is 5.65 Å². The SMILES string of the molecule is CC(C)(C)OC(=O)NCc1cn2ccnc2c(-c2ccc(C(F)(F)F)cn2)n1. The molecule has 0 spiro atoms. The molecule has 7 nitrogen and oxygen atoms in total. The fourth-order valence-electron chi connectivity index (χ4n) is 2.42. The number of hydrogen-bond acceptors (Lipinski definition) is 5. The van der Waals surface area contributed by atoms with E-state index in [1.807, 2.05) is 0 Å². The van der Waals surface area contributed by atoms with Gasteiger partial charge in [0.2, 0.25) is 0 Å². The molecule has 0 unspecified atom stereocenters. The number of alkyl halides is 3. The molecule has 1 N–H and O–H groups in total. The summed E-state index contributed by atoms with van der Waals surface area (Å²) < 4.78 is 45.1. The number of pyridine rings is 1. The summed E-state index contributed by atoms with van der Waals surface area (Å²) in [5.74, 6) is 0. The molecule has 0 saturated heterocycles. The first-order valence-electron chi connectivity index (χ1n) is 8.36. The van der Waals surface area contributed by atoms with Crippen LogP contribution in [0.1, 0.15) is 32.0 Å². The van der Waals surface area contributed by atoms with Crippen LogP contribution in [0.25, 0.3) is 17.0 Å². The van der Waals surface area contributed by atoms with Gasteiger partial charge in [-0.3, -0.25) is 4.98 Å². The van der Waals surface area contributed by atoms with Gasteiger partial charge in [-0.05, 0) is 32.9 Å². The molecule has 0 atom stereocenters. The minimum absolute atomic E-state index is 0.0661. The summed E-state index contributed by atoms with van der Waals surface area (Å²) in [6, 6.07) is 2.18. The van der Waals surface area contributed by atoms with Crippen LogP contribution in [0.3, 0.4) is 0 Å². The molecular weight excluding hydrogens is 375 g/mol. The zero-order valence-electron chi connectivity index (χ0n) is 15.4. The van der Waals surface area contributed by atoms with Crippen molar-refractivity contribution in [2.75, 3.05) is 0 Å². The van der Waals surface area contributed by atoms with Crippen LogP contribution < -0.4 is 5.32 Å². The van der Waals surface area contributed by atoms with E-state index >= 15 is 0 Å². The normalized spacial score (nSPS) is 12.2. The third-order valence-electron chi connectivity index (χ3n) is 3.57. The second-order valence-corrected chi connectivity index (χ2v) is 7.02. The van der Waals surface area contributed by atoms with E-state index in [-0.39, 0.29) is 12.2 Å². The average Bonchev–Trinajstić information content (AvgIpc) is 3.05. The first-order valence-corrected chi connectivity index (χ1v) is 8.36. The maximum Gasteiger partial charge on any atom is 0.417 e. The minimum atomic E-state index is -4.47. The van der Waals surface area contributed by atoms with Crippen molar-refractivity contribution in [2.45, 2.75) is 39.1 Å². The van der Waals surface area contributed by atoms with E-state index < -0.39 is 23.4 Å². The van der Waals surface area contributed by atoms with Gasteiger partial charge >= 0.3 is 12.3 Å². The number of ether oxygens (including phenoxy) is 1. The van der Waals surface area contributed by atoms with Crippen molar-refractivity contribution >= 4 is 11.7 Å². The van der Waals surface area contributed by atoms with Crippen molar-refractivity contribution in [2.24, 2.45) is 0 Å². The maximum absolute atomic E-state index is 12.8. The summed E-state index contributed by atoms with van der Waals surface area (Å²) >= 11 is 0. The van der Waals surface area contributed by atoms with Crippen LogP contribution in [0.15, 0.2) is 36.9 Å². The van der Waals surface area contributed by atoms with E-state index in [1.165, 1.54) is 12.3 Å². The Balaban J connectivity index is 1.88. The zero-order chi connectivity index (χ0) is 20.5. The number of nitrogens with zero attached hydrogens (tertiary/aromatic N) is 4. The molecule has 0 aromatic carbocycles. The van der Waals surface area contributed by atoms with Crippen molar-refractivity contribution in [1.82, 2.24) is 24.7 Å². The molecule has 0 bridgehead atoms. The molecule has 0 aliphatic rings. The number of aromatic nitrogens is 4. The van der Waals surface area contributed by atoms with Crippen LogP contribution in [0.2, 0.25) is 0 Å². The van der Waals surface area contributed by atoms with Crippen LogP contribution in [-0.4, -0.2) is 31.0 Å². The van der Waals surface area contributed by atoms with Crippen LogP contribution in [0.4, 0.5) is 18.0 Å². The smallest absolute Gasteiger partial charge is 0.417 e. The number of carbonyl (C=O) groups is 1. The zero-order valence-corrected chi connectivity index (χ0v) is 15.4. The van der Waals surface area contributed by atoms with Gasteiger partial charge in [-0.2, -0.15) is 13.2 Å². The Hall–Kier alpha value is -3.17. The average molecular weight is 393 g/mol. The van der Waals surface area contributed by atoms with Gasteiger partial charge in [0.25, 0.3) is 0 Å². The van der Waals surface area contributed by atoms with Crippen molar-refractivity contribution in [1.29, 1.82) is 0 Å². The van der Waals surface area contributed by atoms with Gasteiger partial charge in [-0.25, -0.2) is 14.8 Å². The predicted octanol–water partition coefficient (Wildman–Crippen LogP) is 3.83. The lowest BCUT2D eigenvalue weighted by Gasteiger charge is -2.19. The molecule has 0 aliphatic carbocycles. The Morgan fingerprint density at radius 1 is 1.21 bits per heavy atom. The maximum atomic E-state index is 12.8. The molecule has 0 aliphatic heterocycles. The van der Waals surface area contributed by atoms with Gasteiger partial charge in [0.05, 0.1) is 23.5 Å². The van der Waals surface area contributed by atoms with Gasteiger partial charge in [0.1, 0.15) is 11.3 Å². The lowest BCUT2D eigenvalue weighted by Crippen LogP contribution is -2.32. The molecule has 0 fully saturated rings. The Bertz CT molecular complexity index is 991. The van der Waals surface area contributed by atoms with Gasteiger partial charge < -0.3 is 14.5 Å². The number of alkyl carbamates (subject to hydrolysis) is 1. The second-order valence-electron chi connectivity index (χ2n) is 7.02. The van der Waals surface area contributed by atoms with E-state index in [1.54, 1.807) is 37.6 Å². The van der Waals surface area contributed by atoms with E-state index in [2.05, 4.69) is 20.3 Å². The molecule has 0 radical (unpaired) electrons. The number of imidazole rings is 1. The van der Waals surface area contributed by atoms with Crippen LogP contribution >= 0.6 is 0 Å². The largest absolute Gasteiger partial charge is 0.444 e. The number of amides is 1. The fourth-order valence-corrected chi connectivity index (χ4v) is 2.42. The van der Waals surface area contributed by atoms with Crippen molar-refractivity contribution < 1.29 is 22.7 Å². The highest BCUT2D eigenvalue weighted by atomic mass is 19.4. The first-order chi connectivity index (χ1) is 13.0. The minimum Gasteiger partial charge on any atom is -0.444 e. The molecule has 28 heavy (non-hydrogen) atoms. The summed E-state index contributed by atoms with van der Waals surface area (Å²) in [6.07, 6.45) is 0.544. The van der Waals surface area contributed by atoms with E-state index in [9.17, 15) is 18.0 Å². The quantitative estimate of drug-likeness (QED) is 0.731. The summed E-state index contributed by atoms with van der Waals surface area (Å²) in [6.45, 7) is 5.31. The van der Waals surface area contributed by atoms with Crippen LogP contribution in [0, 0.1) is 0 Å². The van der Waals surface area contributed by atoms with Gasteiger partial charge in [-0.1, -0.05) is 0 Å². The number of hydrogen-bond donors (Lipinski definition) is 1. The van der Waals surface area contributed by atoms with Gasteiger partial charge in [-0.15, -0.1) is 0 Å². The summed E-state index contributed by atoms with van der Waals surface area (Å²) in [7, 11) is 0. The Kier molecular flexibility index (Phi) is 4.97. The highest BCUT2D eigenvalue weighted by Crippen LogP contribution is 2.30. The standard InChI is InChI=1S/C18H18F3N5O2/c1-17(2,3)28-16(27)24-9-12-10-26-7-6-22-15(26)14(25-12)13-5-4-11(8-23-13)18(19,20)21/h4-8,10H,9H2,1-3H3,(H,24,27). The predicted molar refractivity (Wildman–Crippen MR) is 94.3 cm³/mol. The molecule has 3 aromatic heterocycles. The molecule has 3 rings (SSSR count).